The number of aryl methyl sites for hydroxylation is 1. The summed E-state index contributed by atoms with van der Waals surface area (Å²) in [5, 5.41) is 0.722. The van der Waals surface area contributed by atoms with Crippen LogP contribution in [0.2, 0.25) is 10.0 Å². The minimum atomic E-state index is -0.141. The molecule has 2 aromatic rings. The normalized spacial score (nSPS) is 10.4. The zero-order chi connectivity index (χ0) is 14.7. The number of hydrogen-bond acceptors (Lipinski definition) is 2. The van der Waals surface area contributed by atoms with Crippen molar-refractivity contribution in [1.29, 1.82) is 0 Å². The summed E-state index contributed by atoms with van der Waals surface area (Å²) >= 11 is 12.3. The van der Waals surface area contributed by atoms with E-state index in [1.807, 2.05) is 32.0 Å². The molecule has 4 heteroatoms. The van der Waals surface area contributed by atoms with Crippen molar-refractivity contribution in [2.45, 2.75) is 13.8 Å². The maximum Gasteiger partial charge on any atom is 0.194 e. The lowest BCUT2D eigenvalue weighted by Crippen LogP contribution is -2.05. The van der Waals surface area contributed by atoms with Crippen molar-refractivity contribution in [3.8, 4) is 5.75 Å². The van der Waals surface area contributed by atoms with Gasteiger partial charge in [0.1, 0.15) is 5.75 Å². The molecule has 0 amide bonds. The molecule has 0 saturated carbocycles. The second kappa shape index (κ2) is 6.29. The van der Waals surface area contributed by atoms with Crippen molar-refractivity contribution in [1.82, 2.24) is 0 Å². The second-order valence-corrected chi connectivity index (χ2v) is 5.15. The summed E-state index contributed by atoms with van der Waals surface area (Å²) < 4.78 is 5.35. The summed E-state index contributed by atoms with van der Waals surface area (Å²) in [5.41, 5.74) is 1.91. The van der Waals surface area contributed by atoms with E-state index in [1.165, 1.54) is 0 Å². The number of rotatable bonds is 4. The van der Waals surface area contributed by atoms with Gasteiger partial charge >= 0.3 is 0 Å². The molecular formula is C16H14Cl2O2. The van der Waals surface area contributed by atoms with Crippen molar-refractivity contribution in [3.63, 3.8) is 0 Å². The van der Waals surface area contributed by atoms with Gasteiger partial charge in [-0.1, -0.05) is 47.5 Å². The molecule has 0 aromatic heterocycles. The van der Waals surface area contributed by atoms with E-state index in [9.17, 15) is 4.79 Å². The van der Waals surface area contributed by atoms with Gasteiger partial charge in [-0.3, -0.25) is 4.79 Å². The number of benzene rings is 2. The molecule has 0 N–H and O–H groups in total. The molecule has 0 spiro atoms. The van der Waals surface area contributed by atoms with E-state index >= 15 is 0 Å². The molecule has 0 aliphatic heterocycles. The average molecular weight is 309 g/mol. The molecule has 0 saturated heterocycles. The number of carbonyl (C=O) groups excluding carboxylic acids is 1. The van der Waals surface area contributed by atoms with Gasteiger partial charge in [-0.05, 0) is 25.5 Å². The molecular weight excluding hydrogens is 295 g/mol. The molecule has 0 unspecified atom stereocenters. The molecule has 0 radical (unpaired) electrons. The molecule has 20 heavy (non-hydrogen) atoms. The van der Waals surface area contributed by atoms with E-state index in [0.29, 0.717) is 33.5 Å². The Labute approximate surface area is 128 Å². The predicted molar refractivity (Wildman–Crippen MR) is 82.2 cm³/mol. The van der Waals surface area contributed by atoms with Crippen LogP contribution >= 0.6 is 23.2 Å². The van der Waals surface area contributed by atoms with Crippen LogP contribution in [0.3, 0.4) is 0 Å². The lowest BCUT2D eigenvalue weighted by molar-refractivity contribution is 0.103. The average Bonchev–Trinajstić information content (AvgIpc) is 2.42. The summed E-state index contributed by atoms with van der Waals surface area (Å²) in [6, 6.07) is 10.5. The van der Waals surface area contributed by atoms with Crippen molar-refractivity contribution in [2.24, 2.45) is 0 Å². The molecule has 0 fully saturated rings. The minimum absolute atomic E-state index is 0.141. The highest BCUT2D eigenvalue weighted by atomic mass is 35.5. The molecule has 104 valence electrons. The summed E-state index contributed by atoms with van der Waals surface area (Å²) in [7, 11) is 0. The Kier molecular flexibility index (Phi) is 4.69. The van der Waals surface area contributed by atoms with Crippen molar-refractivity contribution >= 4 is 29.0 Å². The molecule has 2 nitrogen and oxygen atoms in total. The lowest BCUT2D eigenvalue weighted by atomic mass is 9.99. The van der Waals surface area contributed by atoms with Crippen LogP contribution in [0.4, 0.5) is 0 Å². The lowest BCUT2D eigenvalue weighted by Gasteiger charge is -2.10. The van der Waals surface area contributed by atoms with Gasteiger partial charge in [0.15, 0.2) is 5.78 Å². The Morgan fingerprint density at radius 1 is 1.10 bits per heavy atom. The number of hydrogen-bond donors (Lipinski definition) is 0. The topological polar surface area (TPSA) is 26.3 Å². The van der Waals surface area contributed by atoms with Crippen LogP contribution < -0.4 is 4.74 Å². The third-order valence-electron chi connectivity index (χ3n) is 2.96. The van der Waals surface area contributed by atoms with Crippen LogP contribution in [0, 0.1) is 6.92 Å². The van der Waals surface area contributed by atoms with Crippen LogP contribution in [0.1, 0.15) is 28.4 Å². The van der Waals surface area contributed by atoms with Crippen LogP contribution in [0.5, 0.6) is 5.75 Å². The third kappa shape index (κ3) is 2.97. The fourth-order valence-electron chi connectivity index (χ4n) is 1.94. The van der Waals surface area contributed by atoms with Gasteiger partial charge in [-0.15, -0.1) is 0 Å². The highest BCUT2D eigenvalue weighted by molar-refractivity contribution is 6.37. The van der Waals surface area contributed by atoms with E-state index in [1.54, 1.807) is 18.2 Å². The SMILES string of the molecule is CCOc1cc(Cl)c(C(=O)c2ccccc2C)cc1Cl. The molecule has 0 heterocycles. The quantitative estimate of drug-likeness (QED) is 0.748. The Morgan fingerprint density at radius 3 is 2.45 bits per heavy atom. The molecule has 2 aromatic carbocycles. The largest absolute Gasteiger partial charge is 0.492 e. The summed E-state index contributed by atoms with van der Waals surface area (Å²) in [4.78, 5) is 12.5. The number of ketones is 1. The minimum Gasteiger partial charge on any atom is -0.492 e. The number of halogens is 2. The first-order chi connectivity index (χ1) is 9.54. The highest BCUT2D eigenvalue weighted by Gasteiger charge is 2.17. The van der Waals surface area contributed by atoms with Crippen molar-refractivity contribution in [3.05, 3.63) is 63.1 Å². The van der Waals surface area contributed by atoms with Gasteiger partial charge in [-0.2, -0.15) is 0 Å². The van der Waals surface area contributed by atoms with Gasteiger partial charge in [0, 0.05) is 17.2 Å². The molecule has 0 aliphatic carbocycles. The smallest absolute Gasteiger partial charge is 0.194 e. The number of carbonyl (C=O) groups is 1. The van der Waals surface area contributed by atoms with E-state index < -0.39 is 0 Å². The predicted octanol–water partition coefficient (Wildman–Crippen LogP) is 4.93. The van der Waals surface area contributed by atoms with E-state index in [-0.39, 0.29) is 5.78 Å². The van der Waals surface area contributed by atoms with Crippen LogP contribution in [-0.2, 0) is 0 Å². The van der Waals surface area contributed by atoms with E-state index in [2.05, 4.69) is 0 Å². The molecule has 0 atom stereocenters. The Morgan fingerprint density at radius 2 is 1.80 bits per heavy atom. The fourth-order valence-corrected chi connectivity index (χ4v) is 2.40. The maximum absolute atomic E-state index is 12.5. The number of ether oxygens (including phenoxy) is 1. The molecule has 0 aliphatic rings. The summed E-state index contributed by atoms with van der Waals surface area (Å²) in [5.74, 6) is 0.346. The van der Waals surface area contributed by atoms with Crippen LogP contribution in [0.25, 0.3) is 0 Å². The van der Waals surface area contributed by atoms with E-state index in [4.69, 9.17) is 27.9 Å². The summed E-state index contributed by atoms with van der Waals surface area (Å²) in [6.45, 7) is 4.23. The highest BCUT2D eigenvalue weighted by Crippen LogP contribution is 2.32. The zero-order valence-electron chi connectivity index (χ0n) is 11.2. The molecule has 2 rings (SSSR count). The standard InChI is InChI=1S/C16H14Cl2O2/c1-3-20-15-9-13(17)12(8-14(15)18)16(19)11-7-5-4-6-10(11)2/h4-9H,3H2,1-2H3. The first-order valence-corrected chi connectivity index (χ1v) is 7.02. The second-order valence-electron chi connectivity index (χ2n) is 4.34. The molecule has 0 bridgehead atoms. The van der Waals surface area contributed by atoms with Gasteiger partial charge in [-0.25, -0.2) is 0 Å². The van der Waals surface area contributed by atoms with Crippen molar-refractivity contribution in [2.75, 3.05) is 6.61 Å². The van der Waals surface area contributed by atoms with Crippen LogP contribution in [-0.4, -0.2) is 12.4 Å². The van der Waals surface area contributed by atoms with E-state index in [0.717, 1.165) is 5.56 Å². The Balaban J connectivity index is 2.46. The van der Waals surface area contributed by atoms with Gasteiger partial charge in [0.05, 0.1) is 16.7 Å². The van der Waals surface area contributed by atoms with Gasteiger partial charge in [0.2, 0.25) is 0 Å². The van der Waals surface area contributed by atoms with Gasteiger partial charge < -0.3 is 4.74 Å². The zero-order valence-corrected chi connectivity index (χ0v) is 12.8. The monoisotopic (exact) mass is 308 g/mol. The van der Waals surface area contributed by atoms with Crippen LogP contribution in [0.15, 0.2) is 36.4 Å². The maximum atomic E-state index is 12.5. The van der Waals surface area contributed by atoms with Crippen molar-refractivity contribution < 1.29 is 9.53 Å². The first kappa shape index (κ1) is 14.9. The van der Waals surface area contributed by atoms with Gasteiger partial charge in [0.25, 0.3) is 0 Å². The Bertz CT molecular complexity index is 651. The summed E-state index contributed by atoms with van der Waals surface area (Å²) in [6.07, 6.45) is 0. The fraction of sp³-hybridized carbons (Fsp3) is 0.188. The first-order valence-electron chi connectivity index (χ1n) is 6.26. The Hall–Kier alpha value is -1.51. The third-order valence-corrected chi connectivity index (χ3v) is 3.56.